The van der Waals surface area contributed by atoms with Crippen molar-refractivity contribution in [3.8, 4) is 17.2 Å². The van der Waals surface area contributed by atoms with Crippen molar-refractivity contribution in [1.82, 2.24) is 10.0 Å². The van der Waals surface area contributed by atoms with Gasteiger partial charge in [-0.15, -0.1) is 0 Å². The van der Waals surface area contributed by atoms with Crippen molar-refractivity contribution >= 4 is 15.9 Å². The minimum atomic E-state index is -3.88. The Morgan fingerprint density at radius 2 is 1.90 bits per heavy atom. The first-order valence-corrected chi connectivity index (χ1v) is 10.7. The van der Waals surface area contributed by atoms with Crippen LogP contribution in [0.1, 0.15) is 28.9 Å². The van der Waals surface area contributed by atoms with Gasteiger partial charge in [-0.3, -0.25) is 4.79 Å². The highest BCUT2D eigenvalue weighted by Gasteiger charge is 2.22. The van der Waals surface area contributed by atoms with E-state index in [1.807, 2.05) is 13.0 Å². The zero-order chi connectivity index (χ0) is 21.7. The highest BCUT2D eigenvalue weighted by atomic mass is 32.2. The number of rotatable bonds is 9. The molecule has 0 radical (unpaired) electrons. The molecule has 1 aliphatic heterocycles. The lowest BCUT2D eigenvalue weighted by Gasteiger charge is -2.16. The quantitative estimate of drug-likeness (QED) is 0.577. The molecule has 0 unspecified atom stereocenters. The van der Waals surface area contributed by atoms with Gasteiger partial charge in [-0.25, -0.2) is 13.1 Å². The van der Waals surface area contributed by atoms with E-state index in [9.17, 15) is 13.2 Å². The van der Waals surface area contributed by atoms with E-state index in [0.717, 1.165) is 5.56 Å². The molecular weight excluding hydrogens is 412 g/mol. The maximum Gasteiger partial charge on any atom is 0.251 e. The smallest absolute Gasteiger partial charge is 0.251 e. The first kappa shape index (κ1) is 21.9. The number of hydrogen-bond acceptors (Lipinski definition) is 7. The van der Waals surface area contributed by atoms with Crippen molar-refractivity contribution in [2.24, 2.45) is 0 Å². The summed E-state index contributed by atoms with van der Waals surface area (Å²) in [6.45, 7) is 2.30. The number of nitrogens with one attached hydrogen (secondary N) is 2. The van der Waals surface area contributed by atoms with Crippen molar-refractivity contribution < 1.29 is 32.2 Å². The number of carbonyl (C=O) groups excluding carboxylic acids is 1. The third-order valence-corrected chi connectivity index (χ3v) is 6.04. The third-order valence-electron chi connectivity index (χ3n) is 4.56. The molecule has 30 heavy (non-hydrogen) atoms. The molecule has 0 fully saturated rings. The molecule has 0 saturated carbocycles. The lowest BCUT2D eigenvalue weighted by atomic mass is 10.1. The molecule has 1 amide bonds. The second-order valence-electron chi connectivity index (χ2n) is 6.56. The van der Waals surface area contributed by atoms with Crippen LogP contribution in [0.25, 0.3) is 0 Å². The van der Waals surface area contributed by atoms with Gasteiger partial charge in [0.1, 0.15) is 10.6 Å². The fourth-order valence-corrected chi connectivity index (χ4v) is 4.14. The van der Waals surface area contributed by atoms with E-state index in [-0.39, 0.29) is 42.2 Å². The Kier molecular flexibility index (Phi) is 6.80. The Morgan fingerprint density at radius 1 is 1.13 bits per heavy atom. The molecule has 2 aromatic carbocycles. The molecule has 0 aromatic heterocycles. The summed E-state index contributed by atoms with van der Waals surface area (Å²) in [5, 5.41) is 2.86. The molecule has 2 aromatic rings. The predicted molar refractivity (Wildman–Crippen MR) is 109 cm³/mol. The molecule has 1 heterocycles. The SMILES string of the molecule is COCCNS(=O)(=O)c1cc(C(=O)N[C@H](C)c2ccc3c(c2)OCO3)ccc1OC. The number of methoxy groups -OCH3 is 2. The van der Waals surface area contributed by atoms with E-state index in [1.54, 1.807) is 12.1 Å². The lowest BCUT2D eigenvalue weighted by molar-refractivity contribution is 0.0939. The van der Waals surface area contributed by atoms with E-state index in [2.05, 4.69) is 10.0 Å². The zero-order valence-electron chi connectivity index (χ0n) is 16.9. The van der Waals surface area contributed by atoms with Gasteiger partial charge in [-0.2, -0.15) is 0 Å². The lowest BCUT2D eigenvalue weighted by Crippen LogP contribution is -2.29. The Hall–Kier alpha value is -2.82. The number of ether oxygens (including phenoxy) is 4. The van der Waals surface area contributed by atoms with E-state index >= 15 is 0 Å². The Morgan fingerprint density at radius 3 is 2.63 bits per heavy atom. The number of fused-ring (bicyclic) bond motifs is 1. The van der Waals surface area contributed by atoms with Crippen LogP contribution in [0.15, 0.2) is 41.3 Å². The van der Waals surface area contributed by atoms with Gasteiger partial charge in [0.05, 0.1) is 19.8 Å². The van der Waals surface area contributed by atoms with Crippen LogP contribution in [-0.4, -0.2) is 48.5 Å². The third kappa shape index (κ3) is 4.84. The van der Waals surface area contributed by atoms with Crippen molar-refractivity contribution in [3.05, 3.63) is 47.5 Å². The minimum Gasteiger partial charge on any atom is -0.495 e. The largest absolute Gasteiger partial charge is 0.495 e. The van der Waals surface area contributed by atoms with Crippen molar-refractivity contribution in [2.45, 2.75) is 17.9 Å². The average Bonchev–Trinajstić information content (AvgIpc) is 3.21. The maximum absolute atomic E-state index is 12.8. The van der Waals surface area contributed by atoms with Crippen LogP contribution in [0.4, 0.5) is 0 Å². The van der Waals surface area contributed by atoms with Crippen molar-refractivity contribution in [2.75, 3.05) is 34.2 Å². The number of benzene rings is 2. The second kappa shape index (κ2) is 9.33. The van der Waals surface area contributed by atoms with Gasteiger partial charge in [0.25, 0.3) is 5.91 Å². The fourth-order valence-electron chi connectivity index (χ4n) is 2.93. The van der Waals surface area contributed by atoms with Crippen LogP contribution < -0.4 is 24.2 Å². The molecule has 3 rings (SSSR count). The van der Waals surface area contributed by atoms with Gasteiger partial charge in [-0.05, 0) is 42.8 Å². The van der Waals surface area contributed by atoms with E-state index in [0.29, 0.717) is 11.5 Å². The van der Waals surface area contributed by atoms with Crippen LogP contribution >= 0.6 is 0 Å². The zero-order valence-corrected chi connectivity index (χ0v) is 17.7. The van der Waals surface area contributed by atoms with Gasteiger partial charge in [0, 0.05) is 19.2 Å². The van der Waals surface area contributed by atoms with E-state index in [4.69, 9.17) is 18.9 Å². The Bertz CT molecular complexity index is 1020. The molecule has 0 saturated heterocycles. The predicted octanol–water partition coefficient (Wildman–Crippen LogP) is 1.84. The van der Waals surface area contributed by atoms with Gasteiger partial charge >= 0.3 is 0 Å². The highest BCUT2D eigenvalue weighted by molar-refractivity contribution is 7.89. The molecule has 0 aliphatic carbocycles. The Balaban J connectivity index is 1.78. The van der Waals surface area contributed by atoms with Gasteiger partial charge in [-0.1, -0.05) is 6.07 Å². The molecule has 9 nitrogen and oxygen atoms in total. The monoisotopic (exact) mass is 436 g/mol. The summed E-state index contributed by atoms with van der Waals surface area (Å²) < 4.78 is 48.3. The summed E-state index contributed by atoms with van der Waals surface area (Å²) in [7, 11) is -1.04. The number of amides is 1. The second-order valence-corrected chi connectivity index (χ2v) is 8.30. The van der Waals surface area contributed by atoms with E-state index in [1.165, 1.54) is 32.4 Å². The molecule has 1 atom stereocenters. The van der Waals surface area contributed by atoms with Crippen LogP contribution in [0.3, 0.4) is 0 Å². The highest BCUT2D eigenvalue weighted by Crippen LogP contribution is 2.34. The summed E-state index contributed by atoms with van der Waals surface area (Å²) in [5.74, 6) is 0.994. The summed E-state index contributed by atoms with van der Waals surface area (Å²) in [4.78, 5) is 12.6. The van der Waals surface area contributed by atoms with Crippen LogP contribution in [0, 0.1) is 0 Å². The van der Waals surface area contributed by atoms with Crippen molar-refractivity contribution in [3.63, 3.8) is 0 Å². The number of carbonyl (C=O) groups is 1. The van der Waals surface area contributed by atoms with Gasteiger partial charge in [0.15, 0.2) is 11.5 Å². The molecule has 0 bridgehead atoms. The maximum atomic E-state index is 12.8. The standard InChI is InChI=1S/C20H24N2O7S/c1-13(14-4-6-16-18(10-14)29-12-28-16)22-20(23)15-5-7-17(27-3)19(11-15)30(24,25)21-8-9-26-2/h4-7,10-11,13,21H,8-9,12H2,1-3H3,(H,22,23)/t13-/m1/s1. The first-order valence-electron chi connectivity index (χ1n) is 9.22. The van der Waals surface area contributed by atoms with E-state index < -0.39 is 15.9 Å². The fraction of sp³-hybridized carbons (Fsp3) is 0.350. The van der Waals surface area contributed by atoms with Crippen LogP contribution in [-0.2, 0) is 14.8 Å². The summed E-state index contributed by atoms with van der Waals surface area (Å²) in [6, 6.07) is 9.33. The molecule has 1 aliphatic rings. The van der Waals surface area contributed by atoms with Gasteiger partial charge in [0.2, 0.25) is 16.8 Å². The van der Waals surface area contributed by atoms with Crippen molar-refractivity contribution in [1.29, 1.82) is 0 Å². The molecule has 0 spiro atoms. The van der Waals surface area contributed by atoms with Crippen LogP contribution in [0.5, 0.6) is 17.2 Å². The van der Waals surface area contributed by atoms with Gasteiger partial charge < -0.3 is 24.3 Å². The normalized spacial score (nSPS) is 13.7. The molecule has 162 valence electrons. The summed E-state index contributed by atoms with van der Waals surface area (Å²) in [5.41, 5.74) is 1.02. The minimum absolute atomic E-state index is 0.0968. The van der Waals surface area contributed by atoms with Crippen LogP contribution in [0.2, 0.25) is 0 Å². The first-order chi connectivity index (χ1) is 14.4. The topological polar surface area (TPSA) is 112 Å². The average molecular weight is 436 g/mol. The number of hydrogen-bond donors (Lipinski definition) is 2. The number of sulfonamides is 1. The molecule has 2 N–H and O–H groups in total. The summed E-state index contributed by atoms with van der Waals surface area (Å²) >= 11 is 0. The molecular formula is C20H24N2O7S. The molecule has 10 heteroatoms. The summed E-state index contributed by atoms with van der Waals surface area (Å²) in [6.07, 6.45) is 0. The Labute approximate surface area is 175 Å².